The number of rotatable bonds is 13. The molecule has 32 heavy (non-hydrogen) atoms. The van der Waals surface area contributed by atoms with Gasteiger partial charge in [-0.2, -0.15) is 0 Å². The van der Waals surface area contributed by atoms with Crippen LogP contribution in [0.15, 0.2) is 42.5 Å². The maximum atomic E-state index is 14.4. The van der Waals surface area contributed by atoms with E-state index in [0.717, 1.165) is 38.9 Å². The SMILES string of the molecule is O=P(O)(O)CCCNCc1cc(F)c(CCCCCC2(c3ccccc3)COC2)cc1F. The van der Waals surface area contributed by atoms with Crippen molar-refractivity contribution in [1.29, 1.82) is 0 Å². The van der Waals surface area contributed by atoms with Gasteiger partial charge in [0.25, 0.3) is 0 Å². The highest BCUT2D eigenvalue weighted by Gasteiger charge is 2.39. The van der Waals surface area contributed by atoms with Crippen molar-refractivity contribution in [2.45, 2.75) is 50.5 Å². The van der Waals surface area contributed by atoms with Crippen LogP contribution in [0.4, 0.5) is 8.78 Å². The molecule has 1 heterocycles. The van der Waals surface area contributed by atoms with Crippen LogP contribution in [0.3, 0.4) is 0 Å². The van der Waals surface area contributed by atoms with Gasteiger partial charge in [0.15, 0.2) is 0 Å². The van der Waals surface area contributed by atoms with Crippen LogP contribution in [0.2, 0.25) is 0 Å². The van der Waals surface area contributed by atoms with Crippen LogP contribution in [0.5, 0.6) is 0 Å². The number of benzene rings is 2. The Labute approximate surface area is 188 Å². The van der Waals surface area contributed by atoms with Gasteiger partial charge in [0.1, 0.15) is 11.6 Å². The number of hydrogen-bond acceptors (Lipinski definition) is 3. The van der Waals surface area contributed by atoms with Crippen molar-refractivity contribution >= 4 is 7.60 Å². The van der Waals surface area contributed by atoms with E-state index in [4.69, 9.17) is 14.5 Å². The number of unbranched alkanes of at least 4 members (excludes halogenated alkanes) is 2. The van der Waals surface area contributed by atoms with E-state index in [2.05, 4.69) is 17.4 Å². The number of nitrogens with one attached hydrogen (secondary N) is 1. The van der Waals surface area contributed by atoms with Crippen molar-refractivity contribution in [3.63, 3.8) is 0 Å². The van der Waals surface area contributed by atoms with Gasteiger partial charge < -0.3 is 19.8 Å². The van der Waals surface area contributed by atoms with E-state index in [1.807, 2.05) is 18.2 Å². The second-order valence-electron chi connectivity index (χ2n) is 8.65. The van der Waals surface area contributed by atoms with Crippen molar-refractivity contribution in [2.24, 2.45) is 0 Å². The zero-order valence-electron chi connectivity index (χ0n) is 18.2. The lowest BCUT2D eigenvalue weighted by Gasteiger charge is -2.42. The first-order valence-electron chi connectivity index (χ1n) is 11.1. The Bertz CT molecular complexity index is 916. The van der Waals surface area contributed by atoms with Crippen molar-refractivity contribution in [3.05, 3.63) is 70.8 Å². The molecular formula is C24H32F2NO4P. The van der Waals surface area contributed by atoms with Crippen LogP contribution in [-0.4, -0.2) is 35.7 Å². The monoisotopic (exact) mass is 467 g/mol. The Morgan fingerprint density at radius 3 is 2.31 bits per heavy atom. The maximum absolute atomic E-state index is 14.4. The molecule has 1 fully saturated rings. The predicted molar refractivity (Wildman–Crippen MR) is 121 cm³/mol. The van der Waals surface area contributed by atoms with E-state index >= 15 is 0 Å². The zero-order chi connectivity index (χ0) is 23.0. The summed E-state index contributed by atoms with van der Waals surface area (Å²) in [7, 11) is -4.02. The van der Waals surface area contributed by atoms with Crippen LogP contribution in [-0.2, 0) is 27.7 Å². The normalized spacial score (nSPS) is 15.5. The van der Waals surface area contributed by atoms with Crippen LogP contribution >= 0.6 is 7.60 Å². The van der Waals surface area contributed by atoms with E-state index in [1.54, 1.807) is 0 Å². The summed E-state index contributed by atoms with van der Waals surface area (Å²) in [4.78, 5) is 17.7. The smallest absolute Gasteiger partial charge is 0.325 e. The van der Waals surface area contributed by atoms with Crippen LogP contribution in [0, 0.1) is 11.6 Å². The molecule has 0 aromatic heterocycles. The van der Waals surface area contributed by atoms with E-state index in [1.165, 1.54) is 17.7 Å². The fourth-order valence-corrected chi connectivity index (χ4v) is 4.71. The minimum absolute atomic E-state index is 0.0958. The molecule has 0 radical (unpaired) electrons. The molecule has 0 unspecified atom stereocenters. The molecule has 0 atom stereocenters. The van der Waals surface area contributed by atoms with Gasteiger partial charge in [-0.05, 0) is 55.5 Å². The Balaban J connectivity index is 1.41. The minimum Gasteiger partial charge on any atom is -0.379 e. The molecule has 5 nitrogen and oxygen atoms in total. The van der Waals surface area contributed by atoms with Crippen molar-refractivity contribution in [3.8, 4) is 0 Å². The largest absolute Gasteiger partial charge is 0.379 e. The lowest BCUT2D eigenvalue weighted by atomic mass is 9.74. The molecule has 3 N–H and O–H groups in total. The average molecular weight is 467 g/mol. The molecule has 0 spiro atoms. The molecule has 1 aliphatic rings. The third-order valence-electron chi connectivity index (χ3n) is 6.08. The molecule has 1 aliphatic heterocycles. The minimum atomic E-state index is -4.02. The molecule has 0 amide bonds. The summed E-state index contributed by atoms with van der Waals surface area (Å²) >= 11 is 0. The van der Waals surface area contributed by atoms with Gasteiger partial charge in [0.2, 0.25) is 0 Å². The van der Waals surface area contributed by atoms with E-state index in [0.29, 0.717) is 18.5 Å². The van der Waals surface area contributed by atoms with Gasteiger partial charge in [0, 0.05) is 17.5 Å². The molecular weight excluding hydrogens is 435 g/mol. The highest BCUT2D eigenvalue weighted by Crippen LogP contribution is 2.37. The Kier molecular flexibility index (Phi) is 8.97. The average Bonchev–Trinajstić information content (AvgIpc) is 2.72. The first-order chi connectivity index (χ1) is 15.3. The molecule has 0 bridgehead atoms. The summed E-state index contributed by atoms with van der Waals surface area (Å²) < 4.78 is 45.1. The van der Waals surface area contributed by atoms with Gasteiger partial charge in [-0.1, -0.05) is 43.2 Å². The van der Waals surface area contributed by atoms with E-state index in [-0.39, 0.29) is 30.1 Å². The van der Waals surface area contributed by atoms with E-state index in [9.17, 15) is 13.3 Å². The molecule has 1 saturated heterocycles. The fourth-order valence-electron chi connectivity index (χ4n) is 4.14. The highest BCUT2D eigenvalue weighted by atomic mass is 31.2. The first-order valence-corrected chi connectivity index (χ1v) is 12.9. The zero-order valence-corrected chi connectivity index (χ0v) is 19.1. The Morgan fingerprint density at radius 1 is 0.969 bits per heavy atom. The standard InChI is InChI=1S/C24H32F2NO4P/c25-22-15-20(16-27-12-7-13-32(28,29)30)23(26)14-19(22)8-3-2-6-11-24(17-31-18-24)21-9-4-1-5-10-21/h1,4-5,9-10,14-15,27H,2-3,6-8,11-13,16-18H2,(H2,28,29,30). The summed E-state index contributed by atoms with van der Waals surface area (Å²) in [6.07, 6.45) is 4.31. The third kappa shape index (κ3) is 7.19. The van der Waals surface area contributed by atoms with Crippen LogP contribution < -0.4 is 5.32 Å². The van der Waals surface area contributed by atoms with Gasteiger partial charge in [0.05, 0.1) is 19.4 Å². The van der Waals surface area contributed by atoms with Crippen molar-refractivity contribution in [1.82, 2.24) is 5.32 Å². The lowest BCUT2D eigenvalue weighted by Crippen LogP contribution is -2.46. The molecule has 176 valence electrons. The van der Waals surface area contributed by atoms with Gasteiger partial charge in [-0.25, -0.2) is 8.78 Å². The van der Waals surface area contributed by atoms with E-state index < -0.39 is 19.2 Å². The number of ether oxygens (including phenoxy) is 1. The number of halogens is 2. The summed E-state index contributed by atoms with van der Waals surface area (Å²) in [5.41, 5.74) is 2.01. The second kappa shape index (κ2) is 11.5. The topological polar surface area (TPSA) is 78.8 Å². The van der Waals surface area contributed by atoms with Crippen LogP contribution in [0.25, 0.3) is 0 Å². The molecule has 3 rings (SSSR count). The van der Waals surface area contributed by atoms with Crippen molar-refractivity contribution in [2.75, 3.05) is 25.9 Å². The Hall–Kier alpha value is -1.63. The van der Waals surface area contributed by atoms with Crippen molar-refractivity contribution < 1.29 is 27.9 Å². The number of aryl methyl sites for hydroxylation is 1. The highest BCUT2D eigenvalue weighted by molar-refractivity contribution is 7.51. The van der Waals surface area contributed by atoms with Crippen LogP contribution in [0.1, 0.15) is 48.8 Å². The molecule has 2 aromatic rings. The predicted octanol–water partition coefficient (Wildman–Crippen LogP) is 4.69. The first kappa shape index (κ1) is 25.0. The summed E-state index contributed by atoms with van der Waals surface area (Å²) in [5, 5.41) is 2.90. The van der Waals surface area contributed by atoms with Gasteiger partial charge in [-0.15, -0.1) is 0 Å². The molecule has 2 aromatic carbocycles. The fraction of sp³-hybridized carbons (Fsp3) is 0.500. The van der Waals surface area contributed by atoms with Gasteiger partial charge >= 0.3 is 7.60 Å². The maximum Gasteiger partial charge on any atom is 0.325 e. The third-order valence-corrected chi connectivity index (χ3v) is 6.98. The second-order valence-corrected chi connectivity index (χ2v) is 10.4. The molecule has 0 saturated carbocycles. The van der Waals surface area contributed by atoms with Gasteiger partial charge in [-0.3, -0.25) is 4.57 Å². The summed E-state index contributed by atoms with van der Waals surface area (Å²) in [6.45, 7) is 1.93. The quantitative estimate of drug-likeness (QED) is 0.294. The lowest BCUT2D eigenvalue weighted by molar-refractivity contribution is -0.0654. The Morgan fingerprint density at radius 2 is 1.66 bits per heavy atom. The summed E-state index contributed by atoms with van der Waals surface area (Å²) in [5.74, 6) is -0.870. The molecule has 0 aliphatic carbocycles. The number of hydrogen-bond donors (Lipinski definition) is 3. The summed E-state index contributed by atoms with van der Waals surface area (Å²) in [6, 6.07) is 12.9. The molecule has 8 heteroatoms.